The van der Waals surface area contributed by atoms with Crippen LogP contribution in [-0.4, -0.2) is 9.55 Å². The van der Waals surface area contributed by atoms with Crippen molar-refractivity contribution < 1.29 is 9.13 Å². The minimum Gasteiger partial charge on any atom is -0.483 e. The van der Waals surface area contributed by atoms with Crippen LogP contribution in [0.5, 0.6) is 5.75 Å². The average molecular weight is 395 g/mol. The van der Waals surface area contributed by atoms with Crippen molar-refractivity contribution >= 4 is 22.6 Å². The number of hydrogen-bond acceptors (Lipinski definition) is 2. The molecule has 1 aromatic heterocycles. The molecule has 3 aromatic carbocycles. The molecule has 0 saturated heterocycles. The predicted molar refractivity (Wildman–Crippen MR) is 110 cm³/mol. The summed E-state index contributed by atoms with van der Waals surface area (Å²) in [6.07, 6.45) is -0.320. The molecule has 0 N–H and O–H groups in total. The quantitative estimate of drug-likeness (QED) is 0.395. The zero-order chi connectivity index (χ0) is 19.7. The summed E-state index contributed by atoms with van der Waals surface area (Å²) in [4.78, 5) is 4.76. The van der Waals surface area contributed by atoms with Gasteiger partial charge in [-0.3, -0.25) is 0 Å². The number of aromatic nitrogens is 2. The van der Waals surface area contributed by atoms with Gasteiger partial charge in [-0.15, -0.1) is 0 Å². The smallest absolute Gasteiger partial charge is 0.153 e. The van der Waals surface area contributed by atoms with Gasteiger partial charge in [0.15, 0.2) is 11.9 Å². The molecule has 142 valence electrons. The van der Waals surface area contributed by atoms with Crippen LogP contribution in [0.1, 0.15) is 30.0 Å². The van der Waals surface area contributed by atoms with Crippen LogP contribution >= 0.6 is 11.6 Å². The maximum Gasteiger partial charge on any atom is 0.153 e. The third kappa shape index (κ3) is 3.60. The Morgan fingerprint density at radius 3 is 2.64 bits per heavy atom. The van der Waals surface area contributed by atoms with Crippen LogP contribution in [0.3, 0.4) is 0 Å². The maximum absolute atomic E-state index is 14.4. The number of nitrogens with zero attached hydrogens (tertiary/aromatic N) is 2. The summed E-state index contributed by atoms with van der Waals surface area (Å²) < 4.78 is 22.5. The zero-order valence-corrected chi connectivity index (χ0v) is 16.4. The molecule has 0 aliphatic heterocycles. The first-order valence-corrected chi connectivity index (χ1v) is 9.52. The standard InChI is InChI=1S/C23H20ClFN2O/c1-15-7-5-8-17(13-15)28-16(2)23-26-21-11-3-4-12-22(21)27(23)14-18-19(24)9-6-10-20(18)25/h3-13,16H,14H2,1-2H3. The molecule has 5 heteroatoms. The van der Waals surface area contributed by atoms with Gasteiger partial charge >= 0.3 is 0 Å². The lowest BCUT2D eigenvalue weighted by Gasteiger charge is -2.18. The third-order valence-electron chi connectivity index (χ3n) is 4.73. The molecule has 3 nitrogen and oxygen atoms in total. The van der Waals surface area contributed by atoms with Crippen LogP contribution in [0.2, 0.25) is 5.02 Å². The van der Waals surface area contributed by atoms with Crippen LogP contribution in [0.15, 0.2) is 66.7 Å². The van der Waals surface area contributed by atoms with Crippen LogP contribution in [0.25, 0.3) is 11.0 Å². The Labute approximate surface area is 168 Å². The van der Waals surface area contributed by atoms with E-state index in [2.05, 4.69) is 0 Å². The molecule has 0 radical (unpaired) electrons. The molecule has 1 heterocycles. The Balaban J connectivity index is 1.77. The second kappa shape index (κ2) is 7.64. The van der Waals surface area contributed by atoms with Gasteiger partial charge in [0.05, 0.1) is 17.6 Å². The first kappa shape index (κ1) is 18.5. The molecule has 0 saturated carbocycles. The zero-order valence-electron chi connectivity index (χ0n) is 15.7. The number of para-hydroxylation sites is 2. The fourth-order valence-electron chi connectivity index (χ4n) is 3.36. The first-order chi connectivity index (χ1) is 13.5. The highest BCUT2D eigenvalue weighted by molar-refractivity contribution is 6.31. The fraction of sp³-hybridized carbons (Fsp3) is 0.174. The summed E-state index contributed by atoms with van der Waals surface area (Å²) in [5.41, 5.74) is 3.31. The Kier molecular flexibility index (Phi) is 5.05. The largest absolute Gasteiger partial charge is 0.483 e. The summed E-state index contributed by atoms with van der Waals surface area (Å²) in [5.74, 6) is 1.17. The molecule has 4 aromatic rings. The third-order valence-corrected chi connectivity index (χ3v) is 5.08. The molecule has 4 rings (SSSR count). The summed E-state index contributed by atoms with van der Waals surface area (Å²) in [7, 11) is 0. The predicted octanol–water partition coefficient (Wildman–Crippen LogP) is 6.33. The molecule has 1 unspecified atom stereocenters. The SMILES string of the molecule is Cc1cccc(OC(C)c2nc3ccccc3n2Cc2c(F)cccc2Cl)c1. The molecule has 0 amide bonds. The fourth-order valence-corrected chi connectivity index (χ4v) is 3.58. The first-order valence-electron chi connectivity index (χ1n) is 9.14. The van der Waals surface area contributed by atoms with Gasteiger partial charge in [0.2, 0.25) is 0 Å². The number of fused-ring (bicyclic) bond motifs is 1. The molecule has 28 heavy (non-hydrogen) atoms. The van der Waals surface area contributed by atoms with E-state index in [1.54, 1.807) is 12.1 Å². The second-order valence-corrected chi connectivity index (χ2v) is 7.23. The normalized spacial score (nSPS) is 12.3. The molecule has 0 fully saturated rings. The van der Waals surface area contributed by atoms with Crippen LogP contribution in [0, 0.1) is 12.7 Å². The van der Waals surface area contributed by atoms with Crippen molar-refractivity contribution in [2.24, 2.45) is 0 Å². The molecule has 0 spiro atoms. The van der Waals surface area contributed by atoms with Gasteiger partial charge in [0.1, 0.15) is 11.6 Å². The van der Waals surface area contributed by atoms with E-state index >= 15 is 0 Å². The molecular weight excluding hydrogens is 375 g/mol. The Bertz CT molecular complexity index is 1120. The highest BCUT2D eigenvalue weighted by atomic mass is 35.5. The van der Waals surface area contributed by atoms with Crippen molar-refractivity contribution in [1.82, 2.24) is 9.55 Å². The molecule has 0 bridgehead atoms. The van der Waals surface area contributed by atoms with Crippen LogP contribution in [-0.2, 0) is 6.54 Å². The lowest BCUT2D eigenvalue weighted by molar-refractivity contribution is 0.212. The number of hydrogen-bond donors (Lipinski definition) is 0. The number of imidazole rings is 1. The van der Waals surface area contributed by atoms with Crippen molar-refractivity contribution in [2.75, 3.05) is 0 Å². The Hall–Kier alpha value is -2.85. The Morgan fingerprint density at radius 2 is 1.86 bits per heavy atom. The van der Waals surface area contributed by atoms with Crippen molar-refractivity contribution in [1.29, 1.82) is 0 Å². The topological polar surface area (TPSA) is 27.1 Å². The Morgan fingerprint density at radius 1 is 1.07 bits per heavy atom. The highest BCUT2D eigenvalue weighted by Gasteiger charge is 2.20. The summed E-state index contributed by atoms with van der Waals surface area (Å²) >= 11 is 6.27. The van der Waals surface area contributed by atoms with E-state index in [1.807, 2.05) is 66.9 Å². The highest BCUT2D eigenvalue weighted by Crippen LogP contribution is 2.28. The lowest BCUT2D eigenvalue weighted by atomic mass is 10.2. The van der Waals surface area contributed by atoms with E-state index in [0.717, 1.165) is 28.2 Å². The van der Waals surface area contributed by atoms with Gasteiger partial charge in [0.25, 0.3) is 0 Å². The van der Waals surface area contributed by atoms with Gasteiger partial charge in [-0.1, -0.05) is 41.9 Å². The summed E-state index contributed by atoms with van der Waals surface area (Å²) in [6, 6.07) is 20.4. The summed E-state index contributed by atoms with van der Waals surface area (Å²) in [6.45, 7) is 4.25. The van der Waals surface area contributed by atoms with Crippen molar-refractivity contribution in [3.8, 4) is 5.75 Å². The van der Waals surface area contributed by atoms with Crippen LogP contribution < -0.4 is 4.74 Å². The number of benzene rings is 3. The number of ether oxygens (including phenoxy) is 1. The van der Waals surface area contributed by atoms with Gasteiger partial charge in [0, 0.05) is 10.6 Å². The van der Waals surface area contributed by atoms with E-state index in [1.165, 1.54) is 6.07 Å². The van der Waals surface area contributed by atoms with Crippen molar-refractivity contribution in [2.45, 2.75) is 26.5 Å². The van der Waals surface area contributed by atoms with Crippen molar-refractivity contribution in [3.63, 3.8) is 0 Å². The molecule has 0 aliphatic carbocycles. The monoisotopic (exact) mass is 394 g/mol. The van der Waals surface area contributed by atoms with Gasteiger partial charge in [-0.05, 0) is 55.8 Å². The number of aryl methyl sites for hydroxylation is 1. The molecular formula is C23H20ClFN2O. The van der Waals surface area contributed by atoms with E-state index < -0.39 is 0 Å². The van der Waals surface area contributed by atoms with Gasteiger partial charge < -0.3 is 9.30 Å². The maximum atomic E-state index is 14.4. The minimum absolute atomic E-state index is 0.281. The van der Waals surface area contributed by atoms with E-state index in [4.69, 9.17) is 21.3 Å². The summed E-state index contributed by atoms with van der Waals surface area (Å²) in [5, 5.41) is 0.399. The van der Waals surface area contributed by atoms with Crippen molar-refractivity contribution in [3.05, 3.63) is 94.5 Å². The van der Waals surface area contributed by atoms with Crippen LogP contribution in [0.4, 0.5) is 4.39 Å². The van der Waals surface area contributed by atoms with E-state index in [-0.39, 0.29) is 18.5 Å². The molecule has 1 atom stereocenters. The van der Waals surface area contributed by atoms with Gasteiger partial charge in [-0.25, -0.2) is 9.37 Å². The van der Waals surface area contributed by atoms with Gasteiger partial charge in [-0.2, -0.15) is 0 Å². The number of halogens is 2. The number of rotatable bonds is 5. The lowest BCUT2D eigenvalue weighted by Crippen LogP contribution is -2.13. The average Bonchev–Trinajstić information content (AvgIpc) is 3.03. The van der Waals surface area contributed by atoms with E-state index in [0.29, 0.717) is 10.6 Å². The van der Waals surface area contributed by atoms with E-state index in [9.17, 15) is 4.39 Å². The minimum atomic E-state index is -0.330. The molecule has 0 aliphatic rings. The second-order valence-electron chi connectivity index (χ2n) is 6.82.